The quantitative estimate of drug-likeness (QED) is 0.0470. The fraction of sp³-hybridized carbons (Fsp3) is 0.545. The third-order valence-corrected chi connectivity index (χ3v) is 18.2. The Bertz CT molecular complexity index is 3200. The number of carbonyl (C=O) groups excluding carboxylic acids is 8. The lowest BCUT2D eigenvalue weighted by atomic mass is 9.85. The zero-order valence-corrected chi connectivity index (χ0v) is 56.0. The van der Waals surface area contributed by atoms with E-state index in [1.54, 1.807) is 83.8 Å². The molecule has 2 fully saturated rings. The minimum atomic E-state index is -0.923. The van der Waals surface area contributed by atoms with E-state index in [-0.39, 0.29) is 123 Å². The smallest absolute Gasteiger partial charge is 0.251 e. The predicted octanol–water partition coefficient (Wildman–Crippen LogP) is 4.61. The molecule has 8 N–H and O–H groups in total. The lowest BCUT2D eigenvalue weighted by Crippen LogP contribution is -2.59. The molecule has 4 heterocycles. The number of halogens is 2. The molecule has 3 aromatic carbocycles. The lowest BCUT2D eigenvalue weighted by Gasteiger charge is -2.36. The van der Waals surface area contributed by atoms with E-state index >= 15 is 0 Å². The summed E-state index contributed by atoms with van der Waals surface area (Å²) in [7, 11) is 3.35. The molecule has 10 atom stereocenters. The van der Waals surface area contributed by atoms with Gasteiger partial charge in [-0.2, -0.15) is 0 Å². The summed E-state index contributed by atoms with van der Waals surface area (Å²) in [5.74, 6) is -2.62. The maximum atomic E-state index is 14.7. The molecule has 9 rings (SSSR count). The van der Waals surface area contributed by atoms with Crippen molar-refractivity contribution in [3.05, 3.63) is 130 Å². The van der Waals surface area contributed by atoms with Crippen LogP contribution in [0.15, 0.2) is 85.2 Å². The molecule has 0 radical (unpaired) electrons. The van der Waals surface area contributed by atoms with Gasteiger partial charge >= 0.3 is 0 Å². The van der Waals surface area contributed by atoms with Crippen LogP contribution in [-0.4, -0.2) is 164 Å². The largest absolute Gasteiger partial charge is 0.352 e. The van der Waals surface area contributed by atoms with Crippen molar-refractivity contribution in [3.8, 4) is 0 Å². The highest BCUT2D eigenvalue weighted by Crippen LogP contribution is 2.36. The number of hydrogen-bond acceptors (Lipinski definition) is 14. The van der Waals surface area contributed by atoms with Gasteiger partial charge in [-0.05, 0) is 124 Å². The fourth-order valence-corrected chi connectivity index (χ4v) is 12.6. The van der Waals surface area contributed by atoms with Gasteiger partial charge in [-0.1, -0.05) is 101 Å². The molecule has 92 heavy (non-hydrogen) atoms. The van der Waals surface area contributed by atoms with E-state index < -0.39 is 59.2 Å². The Labute approximate surface area is 551 Å². The van der Waals surface area contributed by atoms with Crippen molar-refractivity contribution in [2.24, 2.45) is 10.8 Å². The van der Waals surface area contributed by atoms with Gasteiger partial charge in [-0.15, -0.1) is 35.0 Å². The lowest BCUT2D eigenvalue weighted by molar-refractivity contribution is -0.144. The first-order valence-electron chi connectivity index (χ1n) is 31.7. The third kappa shape index (κ3) is 17.1. The maximum Gasteiger partial charge on any atom is 0.251 e. The Kier molecular flexibility index (Phi) is 24.3. The second-order valence-electron chi connectivity index (χ2n) is 26.7. The molecule has 2 saturated heterocycles. The van der Waals surface area contributed by atoms with Crippen LogP contribution in [0.1, 0.15) is 172 Å². The topological polar surface area (TPSA) is 301 Å². The first kappa shape index (κ1) is 71.6. The fourth-order valence-electron chi connectivity index (χ4n) is 12.6. The minimum Gasteiger partial charge on any atom is -0.352 e. The summed E-state index contributed by atoms with van der Waals surface area (Å²) in [6, 6.07) is 16.7. The predicted molar refractivity (Wildman–Crippen MR) is 352 cm³/mol. The van der Waals surface area contributed by atoms with E-state index in [4.69, 9.17) is 0 Å². The average Bonchev–Trinajstić information content (AvgIpc) is 1.63. The molecular weight excluding hydrogens is 1220 g/mol. The summed E-state index contributed by atoms with van der Waals surface area (Å²) in [6.45, 7) is 15.5. The number of fused-ring (bicyclic) bond motifs is 2. The second kappa shape index (κ2) is 31.2. The van der Waals surface area contributed by atoms with Gasteiger partial charge in [-0.3, -0.25) is 38.4 Å². The van der Waals surface area contributed by atoms with Gasteiger partial charge in [0.05, 0.1) is 47.6 Å². The molecule has 2 aliphatic heterocycles. The van der Waals surface area contributed by atoms with Crippen LogP contribution >= 0.6 is 24.8 Å². The van der Waals surface area contributed by atoms with Crippen LogP contribution in [0.2, 0.25) is 0 Å². The molecule has 8 amide bonds. The van der Waals surface area contributed by atoms with E-state index in [2.05, 4.69) is 75.3 Å². The number of benzene rings is 3. The van der Waals surface area contributed by atoms with Crippen molar-refractivity contribution in [2.75, 3.05) is 40.3 Å². The van der Waals surface area contributed by atoms with Crippen LogP contribution in [0.4, 0.5) is 0 Å². The molecule has 26 heteroatoms. The molecule has 0 saturated carbocycles. The molecule has 498 valence electrons. The van der Waals surface area contributed by atoms with Gasteiger partial charge in [-0.25, -0.2) is 9.36 Å². The van der Waals surface area contributed by atoms with Gasteiger partial charge in [0.2, 0.25) is 35.4 Å². The van der Waals surface area contributed by atoms with Crippen molar-refractivity contribution in [1.29, 1.82) is 0 Å². The van der Waals surface area contributed by atoms with Crippen molar-refractivity contribution >= 4 is 72.1 Å². The highest BCUT2D eigenvalue weighted by atomic mass is 35.5. The number of rotatable bonds is 22. The van der Waals surface area contributed by atoms with Crippen LogP contribution in [-0.2, 0) is 54.5 Å². The van der Waals surface area contributed by atoms with Crippen LogP contribution in [0, 0.1) is 10.8 Å². The second-order valence-corrected chi connectivity index (χ2v) is 26.7. The summed E-state index contributed by atoms with van der Waals surface area (Å²) in [4.78, 5) is 114. The SMILES string of the molecule is CN[C@@H](C)C(=O)N[C@H](C(=O)N1C[C@@H](n2cc(CCNC(=O)c3ccc(C(=O)NCCc4cn([C@H]5C[C@@H](C(=O)N[C@@H]6CCCc7ccccc76)N(C(=O)[C@@H](NC(=O)[C@H](C)NC)C(C)(C)C)C5)nn4)cc3)nn2)C[C@H]1C(=O)N[C@@H]1CCCc2ccccc21)C(C)(C)C.Cl.Cl. The van der Waals surface area contributed by atoms with Gasteiger partial charge in [0.1, 0.15) is 24.2 Å². The number of aryl methyl sites for hydroxylation is 2. The van der Waals surface area contributed by atoms with E-state index in [0.717, 1.165) is 49.7 Å². The summed E-state index contributed by atoms with van der Waals surface area (Å²) in [6.07, 6.45) is 10.0. The Morgan fingerprint density at radius 1 is 0.543 bits per heavy atom. The van der Waals surface area contributed by atoms with Crippen LogP contribution in [0.3, 0.4) is 0 Å². The third-order valence-electron chi connectivity index (χ3n) is 18.2. The van der Waals surface area contributed by atoms with E-state index in [0.29, 0.717) is 35.4 Å². The number of nitrogens with one attached hydrogen (secondary N) is 8. The van der Waals surface area contributed by atoms with Crippen molar-refractivity contribution < 1.29 is 38.4 Å². The molecule has 2 aromatic heterocycles. The van der Waals surface area contributed by atoms with Crippen LogP contribution in [0.5, 0.6) is 0 Å². The standard InChI is InChI=1S/C66H90N16O8.2ClH/c1-39(67-9)57(83)73-55(65(3,4)5)63(89)79-37-47(33-53(79)61(87)71-51-23-15-19-41-17-11-13-21-49(41)51)81-35-45(75-77-81)29-31-69-59(85)43-25-27-44(28-26-43)60(86)70-32-30-46-36-82(78-76-46)48-34-54(62(88)72-52-24-16-20-42-18-12-14-22-50(42)52)80(38-48)64(90)56(66(6,7)8)74-58(84)40(2)68-10;;/h11-14,17-18,21-22,25-28,35-36,39-40,47-48,51-56,67-68H,15-16,19-20,23-24,29-34,37-38H2,1-10H3,(H,69,85)(H,70,86)(H,71,87)(H,72,88)(H,73,83)(H,74,84);2*1H/t39-,40-,47-,48-,51+,52+,53-,54-,55+,56+;;/m0../s1. The van der Waals surface area contributed by atoms with Crippen LogP contribution < -0.4 is 42.5 Å². The molecule has 0 unspecified atom stereocenters. The van der Waals surface area contributed by atoms with E-state index in [9.17, 15) is 38.4 Å². The molecule has 4 aliphatic rings. The normalized spacial score (nSPS) is 20.7. The van der Waals surface area contributed by atoms with Gasteiger partial charge in [0.25, 0.3) is 11.8 Å². The van der Waals surface area contributed by atoms with Crippen molar-refractivity contribution in [3.63, 3.8) is 0 Å². The highest BCUT2D eigenvalue weighted by Gasteiger charge is 2.48. The van der Waals surface area contributed by atoms with Crippen molar-refractivity contribution in [2.45, 2.75) is 180 Å². The number of carbonyl (C=O) groups is 8. The maximum absolute atomic E-state index is 14.7. The van der Waals surface area contributed by atoms with E-state index in [1.807, 2.05) is 77.9 Å². The first-order chi connectivity index (χ1) is 42.9. The Balaban J connectivity index is 0.00000600. The number of aromatic nitrogens is 6. The summed E-state index contributed by atoms with van der Waals surface area (Å²) < 4.78 is 3.35. The zero-order valence-electron chi connectivity index (χ0n) is 54.4. The van der Waals surface area contributed by atoms with Gasteiger partial charge < -0.3 is 52.3 Å². The zero-order chi connectivity index (χ0) is 64.6. The van der Waals surface area contributed by atoms with Crippen LogP contribution in [0.25, 0.3) is 0 Å². The first-order valence-corrected chi connectivity index (χ1v) is 31.7. The molecule has 0 spiro atoms. The summed E-state index contributed by atoms with van der Waals surface area (Å²) in [5.41, 5.74) is 5.06. The van der Waals surface area contributed by atoms with E-state index in [1.165, 1.54) is 11.1 Å². The Morgan fingerprint density at radius 2 is 0.913 bits per heavy atom. The number of hydrogen-bond donors (Lipinski definition) is 8. The number of likely N-dealkylation sites (N-methyl/N-ethyl adjacent to an activating group) is 2. The summed E-state index contributed by atoms with van der Waals surface area (Å²) >= 11 is 0. The molecular formula is C66H92Cl2N16O8. The Hall–Kier alpha value is -7.80. The average molecular weight is 1310 g/mol. The van der Waals surface area contributed by atoms with Crippen molar-refractivity contribution in [1.82, 2.24) is 82.3 Å². The van der Waals surface area contributed by atoms with Gasteiger partial charge in [0, 0.05) is 75.4 Å². The number of nitrogens with zero attached hydrogens (tertiary/aromatic N) is 8. The molecule has 24 nitrogen and oxygen atoms in total. The highest BCUT2D eigenvalue weighted by molar-refractivity contribution is 5.98. The number of likely N-dealkylation sites (tertiary alicyclic amines) is 2. The molecule has 5 aromatic rings. The number of amides is 8. The summed E-state index contributed by atoms with van der Waals surface area (Å²) in [5, 5.41) is 41.8. The monoisotopic (exact) mass is 1310 g/mol. The Morgan fingerprint density at radius 3 is 1.27 bits per heavy atom. The van der Waals surface area contributed by atoms with Gasteiger partial charge in [0.15, 0.2) is 0 Å². The molecule has 0 bridgehead atoms. The minimum absolute atomic E-state index is 0. The molecule has 2 aliphatic carbocycles.